The van der Waals surface area contributed by atoms with Gasteiger partial charge in [0.15, 0.2) is 6.61 Å². The summed E-state index contributed by atoms with van der Waals surface area (Å²) in [5.41, 5.74) is 0.508. The first-order valence-electron chi connectivity index (χ1n) is 11.0. The van der Waals surface area contributed by atoms with Crippen molar-refractivity contribution in [1.82, 2.24) is 4.90 Å². The van der Waals surface area contributed by atoms with Crippen LogP contribution in [0.25, 0.3) is 11.0 Å². The predicted octanol–water partition coefficient (Wildman–Crippen LogP) is 2.43. The largest absolute Gasteiger partial charge is 0.460 e. The highest BCUT2D eigenvalue weighted by molar-refractivity contribution is 6.10. The second-order valence-corrected chi connectivity index (χ2v) is 7.97. The van der Waals surface area contributed by atoms with E-state index in [0.29, 0.717) is 23.8 Å². The summed E-state index contributed by atoms with van der Waals surface area (Å²) in [6.07, 6.45) is 4.60. The summed E-state index contributed by atoms with van der Waals surface area (Å²) in [5, 5.41) is 3.03. The summed E-state index contributed by atoms with van der Waals surface area (Å²) in [7, 11) is 0. The van der Waals surface area contributed by atoms with Crippen LogP contribution in [0, 0.1) is 11.8 Å². The van der Waals surface area contributed by atoms with Crippen LogP contribution < -0.4 is 5.32 Å². The number of amides is 3. The molecule has 1 fully saturated rings. The topological polar surface area (TPSA) is 132 Å². The third-order valence-corrected chi connectivity index (χ3v) is 5.82. The molecule has 0 saturated carbocycles. The molecular weight excluding hydrogens is 444 g/mol. The van der Waals surface area contributed by atoms with E-state index < -0.39 is 24.5 Å². The highest BCUT2D eigenvalue weighted by atomic mass is 16.5. The van der Waals surface area contributed by atoms with E-state index in [0.717, 1.165) is 4.90 Å². The van der Waals surface area contributed by atoms with Crippen LogP contribution in [0.15, 0.2) is 40.8 Å². The molecule has 1 aliphatic carbocycles. The lowest BCUT2D eigenvalue weighted by Crippen LogP contribution is -2.33. The van der Waals surface area contributed by atoms with Gasteiger partial charge in [-0.2, -0.15) is 0 Å². The van der Waals surface area contributed by atoms with Crippen LogP contribution in [0.3, 0.4) is 0 Å². The lowest BCUT2D eigenvalue weighted by molar-refractivity contribution is -0.148. The molecule has 2 heterocycles. The van der Waals surface area contributed by atoms with Gasteiger partial charge in [-0.05, 0) is 31.9 Å². The maximum Gasteiger partial charge on any atom is 0.376 e. The summed E-state index contributed by atoms with van der Waals surface area (Å²) in [4.78, 5) is 62.8. The van der Waals surface area contributed by atoms with Crippen molar-refractivity contribution >= 4 is 46.3 Å². The van der Waals surface area contributed by atoms with E-state index in [4.69, 9.17) is 13.9 Å². The molecule has 3 amide bonds. The normalized spacial score (nSPS) is 19.3. The van der Waals surface area contributed by atoms with Gasteiger partial charge in [0.25, 0.3) is 5.91 Å². The van der Waals surface area contributed by atoms with Gasteiger partial charge in [0.2, 0.25) is 17.6 Å². The first-order valence-corrected chi connectivity index (χ1v) is 11.0. The summed E-state index contributed by atoms with van der Waals surface area (Å²) in [6, 6.07) is 6.74. The number of nitrogens with one attached hydrogen (secondary N) is 1. The smallest absolute Gasteiger partial charge is 0.376 e. The maximum absolute atomic E-state index is 12.5. The van der Waals surface area contributed by atoms with Crippen molar-refractivity contribution in [3.63, 3.8) is 0 Å². The lowest BCUT2D eigenvalue weighted by atomic mass is 9.85. The molecular formula is C24H24N2O8. The summed E-state index contributed by atoms with van der Waals surface area (Å²) < 4.78 is 15.5. The van der Waals surface area contributed by atoms with Gasteiger partial charge in [-0.3, -0.25) is 24.1 Å². The standard InChI is InChI=1S/C24H24N2O8/c1-2-32-24(31)21-20(16-9-5-6-10-17(16)34-21)25-18(27)13-33-19(28)11-12-26-22(29)14-7-3-4-8-15(14)23(26)30/h3-6,9-10,14-15H,2,7-8,11-13H2,1H3,(H,25,27)/t14-,15-/m1/s1. The van der Waals surface area contributed by atoms with Crippen LogP contribution in [-0.2, 0) is 28.7 Å². The molecule has 34 heavy (non-hydrogen) atoms. The molecule has 0 spiro atoms. The Balaban J connectivity index is 1.32. The van der Waals surface area contributed by atoms with Crippen molar-refractivity contribution in [1.29, 1.82) is 0 Å². The number of nitrogens with zero attached hydrogens (tertiary/aromatic N) is 1. The lowest BCUT2D eigenvalue weighted by Gasteiger charge is -2.14. The Kier molecular flexibility index (Phi) is 6.76. The van der Waals surface area contributed by atoms with E-state index in [1.165, 1.54) is 0 Å². The number of carbonyl (C=O) groups is 5. The third kappa shape index (κ3) is 4.57. The minimum Gasteiger partial charge on any atom is -0.460 e. The zero-order valence-corrected chi connectivity index (χ0v) is 18.6. The van der Waals surface area contributed by atoms with Gasteiger partial charge in [-0.25, -0.2) is 4.79 Å². The van der Waals surface area contributed by atoms with Gasteiger partial charge >= 0.3 is 11.9 Å². The number of anilines is 1. The molecule has 1 aliphatic heterocycles. The van der Waals surface area contributed by atoms with Crippen molar-refractivity contribution in [2.24, 2.45) is 11.8 Å². The second-order valence-electron chi connectivity index (χ2n) is 7.97. The van der Waals surface area contributed by atoms with Crippen LogP contribution in [0.4, 0.5) is 5.69 Å². The van der Waals surface area contributed by atoms with Crippen molar-refractivity contribution in [3.8, 4) is 0 Å². The van der Waals surface area contributed by atoms with Gasteiger partial charge in [0, 0.05) is 11.9 Å². The third-order valence-electron chi connectivity index (χ3n) is 5.82. The molecule has 0 bridgehead atoms. The van der Waals surface area contributed by atoms with Gasteiger partial charge in [-0.1, -0.05) is 24.3 Å². The fourth-order valence-electron chi connectivity index (χ4n) is 4.20. The molecule has 2 aromatic rings. The van der Waals surface area contributed by atoms with E-state index in [2.05, 4.69) is 5.32 Å². The number of imide groups is 1. The predicted molar refractivity (Wildman–Crippen MR) is 118 cm³/mol. The van der Waals surface area contributed by atoms with E-state index in [-0.39, 0.29) is 54.7 Å². The van der Waals surface area contributed by atoms with Crippen LogP contribution in [-0.4, -0.2) is 54.3 Å². The average Bonchev–Trinajstić information content (AvgIpc) is 3.32. The molecule has 4 rings (SSSR count). The SMILES string of the molecule is CCOC(=O)c1oc2ccccc2c1NC(=O)COC(=O)CCN1C(=O)[C@@H]2CC=CC[C@H]2C1=O. The molecule has 1 N–H and O–H groups in total. The van der Waals surface area contributed by atoms with Crippen molar-refractivity contribution in [3.05, 3.63) is 42.2 Å². The van der Waals surface area contributed by atoms with E-state index in [1.807, 2.05) is 12.2 Å². The van der Waals surface area contributed by atoms with Gasteiger partial charge < -0.3 is 19.2 Å². The molecule has 1 aromatic heterocycles. The highest BCUT2D eigenvalue weighted by Crippen LogP contribution is 2.35. The van der Waals surface area contributed by atoms with E-state index in [1.54, 1.807) is 31.2 Å². The number of carbonyl (C=O) groups excluding carboxylic acids is 5. The van der Waals surface area contributed by atoms with Gasteiger partial charge in [0.1, 0.15) is 11.3 Å². The fourth-order valence-corrected chi connectivity index (χ4v) is 4.20. The summed E-state index contributed by atoms with van der Waals surface area (Å²) >= 11 is 0. The summed E-state index contributed by atoms with van der Waals surface area (Å²) in [6.45, 7) is 1.06. The Morgan fingerprint density at radius 2 is 1.74 bits per heavy atom. The zero-order chi connectivity index (χ0) is 24.2. The number of ether oxygens (including phenoxy) is 2. The minimum atomic E-state index is -0.735. The first kappa shape index (κ1) is 23.2. The van der Waals surface area contributed by atoms with E-state index in [9.17, 15) is 24.0 Å². The van der Waals surface area contributed by atoms with E-state index >= 15 is 0 Å². The molecule has 2 atom stereocenters. The van der Waals surface area contributed by atoms with Crippen LogP contribution in [0.5, 0.6) is 0 Å². The quantitative estimate of drug-likeness (QED) is 0.355. The Bertz CT molecular complexity index is 1150. The van der Waals surface area contributed by atoms with Crippen molar-refractivity contribution in [2.75, 3.05) is 25.1 Å². The molecule has 178 valence electrons. The monoisotopic (exact) mass is 468 g/mol. The Hall–Kier alpha value is -3.95. The Morgan fingerprint density at radius 3 is 2.41 bits per heavy atom. The number of para-hydroxylation sites is 1. The maximum atomic E-state index is 12.5. The first-order chi connectivity index (χ1) is 16.4. The van der Waals surface area contributed by atoms with Crippen LogP contribution in [0.1, 0.15) is 36.7 Å². The number of fused-ring (bicyclic) bond motifs is 2. The highest BCUT2D eigenvalue weighted by Gasteiger charge is 2.46. The Morgan fingerprint density at radius 1 is 1.06 bits per heavy atom. The summed E-state index contributed by atoms with van der Waals surface area (Å²) in [5.74, 6) is -3.59. The number of hydrogen-bond donors (Lipinski definition) is 1. The number of benzene rings is 1. The molecule has 2 aliphatic rings. The second kappa shape index (κ2) is 9.90. The molecule has 0 radical (unpaired) electrons. The number of esters is 2. The van der Waals surface area contributed by atoms with Crippen molar-refractivity contribution < 1.29 is 37.9 Å². The Labute approximate surface area is 194 Å². The molecule has 1 aromatic carbocycles. The number of rotatable bonds is 8. The number of allylic oxidation sites excluding steroid dienone is 2. The molecule has 10 heteroatoms. The molecule has 1 saturated heterocycles. The van der Waals surface area contributed by atoms with Crippen molar-refractivity contribution in [2.45, 2.75) is 26.2 Å². The number of hydrogen-bond acceptors (Lipinski definition) is 8. The van der Waals surface area contributed by atoms with Gasteiger partial charge in [-0.15, -0.1) is 0 Å². The van der Waals surface area contributed by atoms with Crippen LogP contribution in [0.2, 0.25) is 0 Å². The fraction of sp³-hybridized carbons (Fsp3) is 0.375. The number of likely N-dealkylation sites (tertiary alicyclic amines) is 1. The number of furan rings is 1. The average molecular weight is 468 g/mol. The minimum absolute atomic E-state index is 0.0928. The van der Waals surface area contributed by atoms with Gasteiger partial charge in [0.05, 0.1) is 24.9 Å². The van der Waals surface area contributed by atoms with Crippen LogP contribution >= 0.6 is 0 Å². The molecule has 10 nitrogen and oxygen atoms in total. The molecule has 0 unspecified atom stereocenters. The zero-order valence-electron chi connectivity index (χ0n) is 18.6.